The number of nitrogens with one attached hydrogen (secondary N) is 4. The Morgan fingerprint density at radius 3 is 2.25 bits per heavy atom. The summed E-state index contributed by atoms with van der Waals surface area (Å²) in [5.41, 5.74) is 14.8. The largest absolute Gasteiger partial charge is 0.370 e. The molecule has 8 N–H and O–H groups in total. The smallest absolute Gasteiger partial charge is 0.243 e. The van der Waals surface area contributed by atoms with E-state index in [0.29, 0.717) is 64.5 Å². The molecule has 11 nitrogen and oxygen atoms in total. The van der Waals surface area contributed by atoms with E-state index in [1.165, 1.54) is 10.8 Å². The number of aliphatic imine (C=N–C) groups is 1. The Hall–Kier alpha value is -5.97. The van der Waals surface area contributed by atoms with Crippen LogP contribution in [0.5, 0.6) is 0 Å². The second-order valence-electron chi connectivity index (χ2n) is 14.9. The lowest BCUT2D eigenvalue weighted by Crippen LogP contribution is -2.52. The SMILES string of the molecule is NC(N)=NCCC[C@]1(C(=O)NCCc2ccc3ccccc3c2)C[C@@H]1[C@@H](CCc1ccccc1)NC(=O)[C@H](Cc1cnc[nH]1)NC(=O)CCCc1ccccc1. The van der Waals surface area contributed by atoms with Gasteiger partial charge in [0, 0.05) is 43.9 Å². The molecule has 1 fully saturated rings. The number of hydrogen-bond acceptors (Lipinski definition) is 5. The van der Waals surface area contributed by atoms with Crippen molar-refractivity contribution in [2.75, 3.05) is 13.1 Å². The molecule has 0 bridgehead atoms. The topological polar surface area (TPSA) is 180 Å². The van der Waals surface area contributed by atoms with Crippen molar-refractivity contribution < 1.29 is 14.4 Å². The minimum absolute atomic E-state index is 0.0182. The first-order chi connectivity index (χ1) is 27.3. The maximum Gasteiger partial charge on any atom is 0.243 e. The van der Waals surface area contributed by atoms with Crippen molar-refractivity contribution in [1.82, 2.24) is 25.9 Å². The predicted octanol–water partition coefficient (Wildman–Crippen LogP) is 5.15. The first-order valence-electron chi connectivity index (χ1n) is 19.8. The van der Waals surface area contributed by atoms with Crippen molar-refractivity contribution in [3.63, 3.8) is 0 Å². The number of rotatable bonds is 21. The van der Waals surface area contributed by atoms with E-state index in [1.807, 2.05) is 60.7 Å². The molecule has 11 heteroatoms. The summed E-state index contributed by atoms with van der Waals surface area (Å²) in [6.07, 6.45) is 9.05. The minimum atomic E-state index is -0.829. The normalized spacial score (nSPS) is 17.0. The lowest BCUT2D eigenvalue weighted by Gasteiger charge is -2.26. The summed E-state index contributed by atoms with van der Waals surface area (Å²) < 4.78 is 0. The van der Waals surface area contributed by atoms with Crippen LogP contribution in [0, 0.1) is 11.3 Å². The fourth-order valence-corrected chi connectivity index (χ4v) is 7.83. The molecule has 1 aromatic heterocycles. The number of carbonyl (C=O) groups is 3. The van der Waals surface area contributed by atoms with E-state index in [9.17, 15) is 14.4 Å². The molecule has 0 saturated heterocycles. The highest BCUT2D eigenvalue weighted by atomic mass is 16.2. The van der Waals surface area contributed by atoms with E-state index in [1.54, 1.807) is 12.5 Å². The van der Waals surface area contributed by atoms with Gasteiger partial charge in [-0.3, -0.25) is 19.4 Å². The van der Waals surface area contributed by atoms with Gasteiger partial charge in [0.1, 0.15) is 6.04 Å². The average molecular weight is 755 g/mol. The lowest BCUT2D eigenvalue weighted by molar-refractivity contribution is -0.130. The van der Waals surface area contributed by atoms with Crippen LogP contribution in [-0.2, 0) is 40.1 Å². The molecule has 292 valence electrons. The monoisotopic (exact) mass is 754 g/mol. The minimum Gasteiger partial charge on any atom is -0.370 e. The number of nitrogens with two attached hydrogens (primary N) is 2. The number of aromatic nitrogens is 2. The van der Waals surface area contributed by atoms with Gasteiger partial charge in [0.15, 0.2) is 5.96 Å². The highest BCUT2D eigenvalue weighted by Gasteiger charge is 2.61. The van der Waals surface area contributed by atoms with Gasteiger partial charge >= 0.3 is 0 Å². The van der Waals surface area contributed by atoms with Crippen molar-refractivity contribution in [2.24, 2.45) is 27.8 Å². The number of benzene rings is 4. The maximum atomic E-state index is 14.3. The molecule has 1 saturated carbocycles. The van der Waals surface area contributed by atoms with Gasteiger partial charge in [-0.25, -0.2) is 4.98 Å². The van der Waals surface area contributed by atoms with Crippen LogP contribution in [0.25, 0.3) is 10.8 Å². The van der Waals surface area contributed by atoms with Crippen molar-refractivity contribution in [3.8, 4) is 0 Å². The highest BCUT2D eigenvalue weighted by molar-refractivity contribution is 5.89. The second kappa shape index (κ2) is 19.6. The van der Waals surface area contributed by atoms with Crippen LogP contribution >= 0.6 is 0 Å². The number of hydrogen-bond donors (Lipinski definition) is 6. The highest BCUT2D eigenvalue weighted by Crippen LogP contribution is 2.58. The van der Waals surface area contributed by atoms with E-state index < -0.39 is 11.5 Å². The number of amides is 3. The zero-order valence-electron chi connectivity index (χ0n) is 32.0. The molecule has 1 aliphatic carbocycles. The predicted molar refractivity (Wildman–Crippen MR) is 221 cm³/mol. The Morgan fingerprint density at radius 2 is 1.54 bits per heavy atom. The number of H-pyrrole nitrogens is 1. The molecular formula is C45H54N8O3. The van der Waals surface area contributed by atoms with Gasteiger partial charge in [0.25, 0.3) is 0 Å². The Morgan fingerprint density at radius 1 is 0.821 bits per heavy atom. The first kappa shape index (κ1) is 39.7. The maximum absolute atomic E-state index is 14.3. The van der Waals surface area contributed by atoms with Gasteiger partial charge in [-0.1, -0.05) is 103 Å². The fourth-order valence-electron chi connectivity index (χ4n) is 7.83. The summed E-state index contributed by atoms with van der Waals surface area (Å²) in [4.78, 5) is 53.2. The zero-order valence-corrected chi connectivity index (χ0v) is 32.0. The molecule has 1 aliphatic rings. The van der Waals surface area contributed by atoms with Crippen LogP contribution in [0.3, 0.4) is 0 Å². The number of aromatic amines is 1. The molecule has 4 atom stereocenters. The van der Waals surface area contributed by atoms with Crippen molar-refractivity contribution >= 4 is 34.5 Å². The molecule has 1 heterocycles. The van der Waals surface area contributed by atoms with E-state index in [2.05, 4.69) is 73.4 Å². The van der Waals surface area contributed by atoms with Gasteiger partial charge in [-0.05, 0) is 84.7 Å². The van der Waals surface area contributed by atoms with Gasteiger partial charge < -0.3 is 32.4 Å². The molecule has 4 aromatic carbocycles. The number of nitrogens with zero attached hydrogens (tertiary/aromatic N) is 2. The first-order valence-corrected chi connectivity index (χ1v) is 19.8. The average Bonchev–Trinajstić information content (AvgIpc) is 3.72. The third-order valence-corrected chi connectivity index (χ3v) is 10.9. The molecule has 5 aromatic rings. The molecule has 0 aliphatic heterocycles. The van der Waals surface area contributed by atoms with Gasteiger partial charge in [0.05, 0.1) is 11.7 Å². The lowest BCUT2D eigenvalue weighted by atomic mass is 9.90. The summed E-state index contributed by atoms with van der Waals surface area (Å²) in [5, 5.41) is 11.9. The van der Waals surface area contributed by atoms with Gasteiger partial charge in [-0.15, -0.1) is 0 Å². The third-order valence-electron chi connectivity index (χ3n) is 10.9. The van der Waals surface area contributed by atoms with Crippen LogP contribution in [-0.4, -0.2) is 58.8 Å². The van der Waals surface area contributed by atoms with Crippen LogP contribution in [0.15, 0.2) is 121 Å². The summed E-state index contributed by atoms with van der Waals surface area (Å²) >= 11 is 0. The van der Waals surface area contributed by atoms with E-state index in [4.69, 9.17) is 11.5 Å². The molecule has 0 spiro atoms. The Kier molecular flexibility index (Phi) is 13.9. The van der Waals surface area contributed by atoms with E-state index >= 15 is 0 Å². The summed E-state index contributed by atoms with van der Waals surface area (Å²) in [6.45, 7) is 0.897. The van der Waals surface area contributed by atoms with Crippen molar-refractivity contribution in [1.29, 1.82) is 0 Å². The fraction of sp³-hybridized carbons (Fsp3) is 0.356. The summed E-state index contributed by atoms with van der Waals surface area (Å²) in [6, 6.07) is 33.7. The van der Waals surface area contributed by atoms with Crippen molar-refractivity contribution in [3.05, 3.63) is 138 Å². The molecular weight excluding hydrogens is 701 g/mol. The quantitative estimate of drug-likeness (QED) is 0.0343. The number of fused-ring (bicyclic) bond motifs is 1. The Bertz CT molecular complexity index is 2050. The van der Waals surface area contributed by atoms with E-state index in [0.717, 1.165) is 28.8 Å². The Labute approximate surface area is 329 Å². The summed E-state index contributed by atoms with van der Waals surface area (Å²) in [7, 11) is 0. The number of guanidine groups is 1. The number of imidazole rings is 1. The zero-order chi connectivity index (χ0) is 39.2. The van der Waals surface area contributed by atoms with Gasteiger partial charge in [-0.2, -0.15) is 0 Å². The second-order valence-corrected chi connectivity index (χ2v) is 14.9. The van der Waals surface area contributed by atoms with Crippen LogP contribution in [0.1, 0.15) is 60.9 Å². The molecule has 56 heavy (non-hydrogen) atoms. The number of carbonyl (C=O) groups excluding carboxylic acids is 3. The third kappa shape index (κ3) is 11.3. The molecule has 6 rings (SSSR count). The summed E-state index contributed by atoms with van der Waals surface area (Å²) in [5.74, 6) is -0.596. The molecule has 3 amide bonds. The molecule has 0 radical (unpaired) electrons. The number of aryl methyl sites for hydroxylation is 2. The Balaban J connectivity index is 1.17. The van der Waals surface area contributed by atoms with Crippen LogP contribution in [0.2, 0.25) is 0 Å². The molecule has 0 unspecified atom stereocenters. The van der Waals surface area contributed by atoms with E-state index in [-0.39, 0.29) is 42.1 Å². The van der Waals surface area contributed by atoms with Gasteiger partial charge in [0.2, 0.25) is 17.7 Å². The van der Waals surface area contributed by atoms with Crippen LogP contribution < -0.4 is 27.4 Å². The van der Waals surface area contributed by atoms with Crippen molar-refractivity contribution in [2.45, 2.75) is 76.3 Å². The standard InChI is InChI=1S/C45H54N8O3/c46-44(47)50-25-10-24-45(43(56)49-26-23-34-19-21-35-16-7-8-17-36(35)27-34)29-38(45)39(22-20-33-13-5-2-6-14-33)53-42(55)40(28-37-30-48-31-51-37)52-41(54)18-9-15-32-11-3-1-4-12-32/h1-8,11-14,16-17,19,21,27,30-31,38-40H,9-10,15,18,20,22-26,28-29H2,(H,48,51)(H,49,56)(H,52,54)(H,53,55)(H4,46,47,50)/t38-,39-,40+,45+/m1/s1. The van der Waals surface area contributed by atoms with Crippen LogP contribution in [0.4, 0.5) is 0 Å².